The Balaban J connectivity index is 1.94. The molecule has 112 valence electrons. The lowest BCUT2D eigenvalue weighted by molar-refractivity contribution is 0.199. The molecule has 1 aliphatic carbocycles. The zero-order valence-corrected chi connectivity index (χ0v) is 13.1. The summed E-state index contributed by atoms with van der Waals surface area (Å²) in [6, 6.07) is 10.7. The molecular weight excluding hydrogens is 244 g/mol. The highest BCUT2D eigenvalue weighted by molar-refractivity contribution is 5.25. The first-order chi connectivity index (χ1) is 9.64. The molecular formula is C18H30N2. The van der Waals surface area contributed by atoms with Crippen molar-refractivity contribution in [3.63, 3.8) is 0 Å². The average molecular weight is 274 g/mol. The second kappa shape index (κ2) is 7.24. The number of rotatable bonds is 6. The Labute approximate surface area is 124 Å². The van der Waals surface area contributed by atoms with Gasteiger partial charge in [-0.1, -0.05) is 56.5 Å². The Morgan fingerprint density at radius 2 is 1.80 bits per heavy atom. The fourth-order valence-corrected chi connectivity index (χ4v) is 3.58. The highest BCUT2D eigenvalue weighted by atomic mass is 15.1. The summed E-state index contributed by atoms with van der Waals surface area (Å²) in [5, 5.41) is 0. The van der Waals surface area contributed by atoms with Gasteiger partial charge in [0.1, 0.15) is 0 Å². The quantitative estimate of drug-likeness (QED) is 0.861. The van der Waals surface area contributed by atoms with Gasteiger partial charge in [-0.25, -0.2) is 0 Å². The van der Waals surface area contributed by atoms with Gasteiger partial charge in [0.2, 0.25) is 0 Å². The van der Waals surface area contributed by atoms with Gasteiger partial charge in [-0.2, -0.15) is 0 Å². The van der Waals surface area contributed by atoms with E-state index in [1.165, 1.54) is 44.2 Å². The molecule has 1 unspecified atom stereocenters. The van der Waals surface area contributed by atoms with Crippen molar-refractivity contribution in [1.29, 1.82) is 0 Å². The highest BCUT2D eigenvalue weighted by Crippen LogP contribution is 2.27. The summed E-state index contributed by atoms with van der Waals surface area (Å²) >= 11 is 0. The first-order valence-electron chi connectivity index (χ1n) is 8.08. The van der Waals surface area contributed by atoms with Crippen molar-refractivity contribution in [2.45, 2.75) is 44.4 Å². The van der Waals surface area contributed by atoms with E-state index in [0.717, 1.165) is 12.5 Å². The molecule has 1 aromatic carbocycles. The van der Waals surface area contributed by atoms with Crippen LogP contribution in [0.5, 0.6) is 0 Å². The summed E-state index contributed by atoms with van der Waals surface area (Å²) in [6.07, 6.45) is 7.10. The zero-order valence-electron chi connectivity index (χ0n) is 13.1. The van der Waals surface area contributed by atoms with E-state index in [1.54, 1.807) is 0 Å². The van der Waals surface area contributed by atoms with Crippen molar-refractivity contribution in [2.24, 2.45) is 11.7 Å². The molecule has 0 aromatic heterocycles. The van der Waals surface area contributed by atoms with Crippen molar-refractivity contribution in [2.75, 3.05) is 26.7 Å². The first kappa shape index (κ1) is 15.5. The van der Waals surface area contributed by atoms with Gasteiger partial charge in [-0.05, 0) is 31.4 Å². The number of hydrogen-bond acceptors (Lipinski definition) is 2. The van der Waals surface area contributed by atoms with Gasteiger partial charge in [0.15, 0.2) is 0 Å². The molecule has 2 N–H and O–H groups in total. The second-order valence-corrected chi connectivity index (χ2v) is 6.83. The van der Waals surface area contributed by atoms with Crippen molar-refractivity contribution in [3.05, 3.63) is 35.9 Å². The Morgan fingerprint density at radius 1 is 1.15 bits per heavy atom. The monoisotopic (exact) mass is 274 g/mol. The minimum Gasteiger partial charge on any atom is -0.330 e. The average Bonchev–Trinajstić information content (AvgIpc) is 2.49. The maximum atomic E-state index is 6.09. The molecule has 1 aromatic rings. The highest BCUT2D eigenvalue weighted by Gasteiger charge is 2.27. The van der Waals surface area contributed by atoms with Gasteiger partial charge < -0.3 is 10.6 Å². The Bertz CT molecular complexity index is 384. The zero-order chi connectivity index (χ0) is 14.4. The van der Waals surface area contributed by atoms with Crippen LogP contribution >= 0.6 is 0 Å². The van der Waals surface area contributed by atoms with Gasteiger partial charge >= 0.3 is 0 Å². The van der Waals surface area contributed by atoms with E-state index in [-0.39, 0.29) is 5.41 Å². The number of hydrogen-bond donors (Lipinski definition) is 1. The lowest BCUT2D eigenvalue weighted by Gasteiger charge is -2.35. The third-order valence-electron chi connectivity index (χ3n) is 4.83. The molecule has 1 fully saturated rings. The summed E-state index contributed by atoms with van der Waals surface area (Å²) in [5.74, 6) is 0.895. The summed E-state index contributed by atoms with van der Waals surface area (Å²) in [5.41, 5.74) is 7.51. The van der Waals surface area contributed by atoms with Crippen LogP contribution in [0.1, 0.15) is 44.6 Å². The van der Waals surface area contributed by atoms with Crippen LogP contribution in [0.15, 0.2) is 30.3 Å². The number of likely N-dealkylation sites (N-methyl/N-ethyl adjacent to an activating group) is 1. The van der Waals surface area contributed by atoms with E-state index in [4.69, 9.17) is 5.73 Å². The van der Waals surface area contributed by atoms with E-state index < -0.39 is 0 Å². The molecule has 0 radical (unpaired) electrons. The third-order valence-corrected chi connectivity index (χ3v) is 4.83. The molecule has 0 spiro atoms. The molecule has 0 heterocycles. The van der Waals surface area contributed by atoms with Crippen LogP contribution in [0, 0.1) is 5.92 Å². The Hall–Kier alpha value is -0.860. The van der Waals surface area contributed by atoms with Crippen molar-refractivity contribution < 1.29 is 0 Å². The van der Waals surface area contributed by atoms with Crippen molar-refractivity contribution >= 4 is 0 Å². The number of nitrogens with zero attached hydrogens (tertiary/aromatic N) is 1. The SMILES string of the molecule is CN(CC1CCCCC1)CC(C)(CN)c1ccccc1. The Kier molecular flexibility index (Phi) is 5.62. The molecule has 1 saturated carbocycles. The number of benzene rings is 1. The van der Waals surface area contributed by atoms with E-state index in [1.807, 2.05) is 0 Å². The summed E-state index contributed by atoms with van der Waals surface area (Å²) in [7, 11) is 2.26. The van der Waals surface area contributed by atoms with Gasteiger partial charge in [-0.3, -0.25) is 0 Å². The maximum Gasteiger partial charge on any atom is 0.0174 e. The predicted molar refractivity (Wildman–Crippen MR) is 86.9 cm³/mol. The second-order valence-electron chi connectivity index (χ2n) is 6.83. The largest absolute Gasteiger partial charge is 0.330 e. The van der Waals surface area contributed by atoms with Crippen LogP contribution in [-0.4, -0.2) is 31.6 Å². The van der Waals surface area contributed by atoms with Crippen LogP contribution in [0.2, 0.25) is 0 Å². The molecule has 0 aliphatic heterocycles. The minimum absolute atomic E-state index is 0.0602. The molecule has 2 heteroatoms. The molecule has 0 bridgehead atoms. The molecule has 1 aliphatic rings. The van der Waals surface area contributed by atoms with Crippen LogP contribution < -0.4 is 5.73 Å². The van der Waals surface area contributed by atoms with Crippen molar-refractivity contribution in [3.8, 4) is 0 Å². The maximum absolute atomic E-state index is 6.09. The standard InChI is InChI=1S/C18H30N2/c1-18(14-19,17-11-7-4-8-12-17)15-20(2)13-16-9-5-3-6-10-16/h4,7-8,11-12,16H,3,5-6,9-10,13-15,19H2,1-2H3. The normalized spacial score (nSPS) is 20.0. The minimum atomic E-state index is 0.0602. The van der Waals surface area contributed by atoms with Crippen LogP contribution in [0.25, 0.3) is 0 Å². The molecule has 0 amide bonds. The first-order valence-corrected chi connectivity index (χ1v) is 8.08. The molecule has 2 rings (SSSR count). The predicted octanol–water partition coefficient (Wildman–Crippen LogP) is 3.42. The fourth-order valence-electron chi connectivity index (χ4n) is 3.58. The molecule has 1 atom stereocenters. The van der Waals surface area contributed by atoms with E-state index in [2.05, 4.69) is 49.2 Å². The summed E-state index contributed by atoms with van der Waals surface area (Å²) in [4.78, 5) is 2.50. The number of nitrogens with two attached hydrogens (primary N) is 1. The third kappa shape index (κ3) is 4.07. The smallest absolute Gasteiger partial charge is 0.0174 e. The van der Waals surface area contributed by atoms with Crippen molar-refractivity contribution in [1.82, 2.24) is 4.90 Å². The van der Waals surface area contributed by atoms with Crippen LogP contribution in [-0.2, 0) is 5.41 Å². The van der Waals surface area contributed by atoms with Crippen LogP contribution in [0.4, 0.5) is 0 Å². The molecule has 20 heavy (non-hydrogen) atoms. The Morgan fingerprint density at radius 3 is 2.40 bits per heavy atom. The summed E-state index contributed by atoms with van der Waals surface area (Å²) < 4.78 is 0. The van der Waals surface area contributed by atoms with Gasteiger partial charge in [0.05, 0.1) is 0 Å². The topological polar surface area (TPSA) is 29.3 Å². The van der Waals surface area contributed by atoms with E-state index in [0.29, 0.717) is 6.54 Å². The van der Waals surface area contributed by atoms with Gasteiger partial charge in [-0.15, -0.1) is 0 Å². The lowest BCUT2D eigenvalue weighted by Crippen LogP contribution is -2.44. The van der Waals surface area contributed by atoms with Gasteiger partial charge in [0.25, 0.3) is 0 Å². The van der Waals surface area contributed by atoms with E-state index >= 15 is 0 Å². The molecule has 2 nitrogen and oxygen atoms in total. The lowest BCUT2D eigenvalue weighted by atomic mass is 9.81. The molecule has 0 saturated heterocycles. The van der Waals surface area contributed by atoms with Crippen LogP contribution in [0.3, 0.4) is 0 Å². The van der Waals surface area contributed by atoms with Gasteiger partial charge in [0, 0.05) is 25.0 Å². The summed E-state index contributed by atoms with van der Waals surface area (Å²) in [6.45, 7) is 5.26. The fraction of sp³-hybridized carbons (Fsp3) is 0.667. The van der Waals surface area contributed by atoms with E-state index in [9.17, 15) is 0 Å².